The van der Waals surface area contributed by atoms with E-state index in [-0.39, 0.29) is 6.61 Å². The molecule has 0 fully saturated rings. The lowest BCUT2D eigenvalue weighted by atomic mass is 10.1. The number of nitrogens with zero attached hydrogens (tertiary/aromatic N) is 1. The summed E-state index contributed by atoms with van der Waals surface area (Å²) in [4.78, 5) is 0. The van der Waals surface area contributed by atoms with Gasteiger partial charge in [-0.05, 0) is 39.0 Å². The molecule has 0 radical (unpaired) electrons. The number of rotatable bonds is 1. The molecule has 0 unspecified atom stereocenters. The molecule has 0 saturated heterocycles. The van der Waals surface area contributed by atoms with Gasteiger partial charge in [0, 0.05) is 14.6 Å². The van der Waals surface area contributed by atoms with Gasteiger partial charge >= 0.3 is 0 Å². The number of aliphatic hydroxyl groups excluding tert-OH is 1. The summed E-state index contributed by atoms with van der Waals surface area (Å²) in [7, 11) is 0. The summed E-state index contributed by atoms with van der Waals surface area (Å²) >= 11 is 4.90. The third-order valence-electron chi connectivity index (χ3n) is 2.05. The molecule has 0 bridgehead atoms. The minimum absolute atomic E-state index is 0.0525. The molecule has 0 aliphatic rings. The molecule has 0 amide bonds. The molecule has 14 heavy (non-hydrogen) atoms. The van der Waals surface area contributed by atoms with Crippen LogP contribution < -0.4 is 0 Å². The largest absolute Gasteiger partial charge is 0.392 e. The van der Waals surface area contributed by atoms with Gasteiger partial charge in [-0.1, -0.05) is 0 Å². The number of fused-ring (bicyclic) bond motifs is 1. The molecule has 1 aromatic carbocycles. The van der Waals surface area contributed by atoms with Gasteiger partial charge in [-0.2, -0.15) is 5.26 Å². The number of aliphatic hydroxyl groups is 1. The molecular formula is C10H6BrNOS. The first-order valence-corrected chi connectivity index (χ1v) is 5.64. The Labute approximate surface area is 93.5 Å². The zero-order valence-electron chi connectivity index (χ0n) is 7.12. The van der Waals surface area contributed by atoms with Crippen molar-refractivity contribution in [3.63, 3.8) is 0 Å². The zero-order valence-corrected chi connectivity index (χ0v) is 9.52. The van der Waals surface area contributed by atoms with Crippen molar-refractivity contribution in [1.29, 1.82) is 5.26 Å². The number of nitriles is 1. The summed E-state index contributed by atoms with van der Waals surface area (Å²) in [6.45, 7) is -0.0525. The fourth-order valence-corrected chi connectivity index (χ4v) is 2.76. The highest BCUT2D eigenvalue weighted by atomic mass is 79.9. The smallest absolute Gasteiger partial charge is 0.101 e. The van der Waals surface area contributed by atoms with Crippen molar-refractivity contribution < 1.29 is 5.11 Å². The Morgan fingerprint density at radius 3 is 3.00 bits per heavy atom. The summed E-state index contributed by atoms with van der Waals surface area (Å²) in [6.07, 6.45) is 0. The number of thiophene rings is 1. The Hall–Kier alpha value is -0.890. The molecule has 2 nitrogen and oxygen atoms in total. The predicted octanol–water partition coefficient (Wildman–Crippen LogP) is 3.03. The standard InChI is InChI=1S/C10H6BrNOS/c11-10-6(5-13)3-9-7(1-2-14-9)8(10)4-12/h1-3,13H,5H2. The van der Waals surface area contributed by atoms with E-state index in [2.05, 4.69) is 22.0 Å². The van der Waals surface area contributed by atoms with E-state index in [0.29, 0.717) is 10.0 Å². The lowest BCUT2D eigenvalue weighted by Gasteiger charge is -2.03. The van der Waals surface area contributed by atoms with Crippen molar-refractivity contribution >= 4 is 37.4 Å². The third-order valence-corrected chi connectivity index (χ3v) is 3.82. The molecule has 4 heteroatoms. The Bertz CT molecular complexity index is 527. The minimum Gasteiger partial charge on any atom is -0.392 e. The zero-order chi connectivity index (χ0) is 10.1. The van der Waals surface area contributed by atoms with Crippen molar-refractivity contribution in [2.45, 2.75) is 6.61 Å². The highest BCUT2D eigenvalue weighted by molar-refractivity contribution is 9.10. The molecule has 0 saturated carbocycles. The molecule has 2 rings (SSSR count). The predicted molar refractivity (Wildman–Crippen MR) is 60.2 cm³/mol. The van der Waals surface area contributed by atoms with Gasteiger partial charge in [-0.3, -0.25) is 0 Å². The van der Waals surface area contributed by atoms with Crippen LogP contribution in [0.3, 0.4) is 0 Å². The molecule has 0 spiro atoms. The Morgan fingerprint density at radius 1 is 1.57 bits per heavy atom. The van der Waals surface area contributed by atoms with Crippen molar-refractivity contribution in [1.82, 2.24) is 0 Å². The van der Waals surface area contributed by atoms with Crippen LogP contribution >= 0.6 is 27.3 Å². The Morgan fingerprint density at radius 2 is 2.36 bits per heavy atom. The maximum atomic E-state index is 9.10. The van der Waals surface area contributed by atoms with Crippen molar-refractivity contribution in [2.24, 2.45) is 0 Å². The van der Waals surface area contributed by atoms with Gasteiger partial charge in [0.2, 0.25) is 0 Å². The number of hydrogen-bond acceptors (Lipinski definition) is 3. The quantitative estimate of drug-likeness (QED) is 0.863. The average molecular weight is 268 g/mol. The maximum absolute atomic E-state index is 9.10. The second kappa shape index (κ2) is 3.70. The fraction of sp³-hybridized carbons (Fsp3) is 0.100. The van der Waals surface area contributed by atoms with E-state index < -0.39 is 0 Å². The second-order valence-corrected chi connectivity index (χ2v) is 4.57. The van der Waals surface area contributed by atoms with Crippen LogP contribution in [0.5, 0.6) is 0 Å². The van der Waals surface area contributed by atoms with E-state index in [4.69, 9.17) is 10.4 Å². The summed E-state index contributed by atoms with van der Waals surface area (Å²) in [5.74, 6) is 0. The number of benzene rings is 1. The monoisotopic (exact) mass is 267 g/mol. The summed E-state index contributed by atoms with van der Waals surface area (Å²) in [5, 5.41) is 21.0. The SMILES string of the molecule is N#Cc1c(Br)c(CO)cc2sccc12. The lowest BCUT2D eigenvalue weighted by Crippen LogP contribution is -1.89. The van der Waals surface area contributed by atoms with Crippen LogP contribution in [0.15, 0.2) is 22.0 Å². The van der Waals surface area contributed by atoms with Crippen molar-refractivity contribution in [2.75, 3.05) is 0 Å². The number of hydrogen-bond donors (Lipinski definition) is 1. The highest BCUT2D eigenvalue weighted by Crippen LogP contribution is 2.32. The summed E-state index contributed by atoms with van der Waals surface area (Å²) in [5.41, 5.74) is 1.37. The second-order valence-electron chi connectivity index (χ2n) is 2.83. The highest BCUT2D eigenvalue weighted by Gasteiger charge is 2.10. The topological polar surface area (TPSA) is 44.0 Å². The average Bonchev–Trinajstić information content (AvgIpc) is 2.64. The molecule has 70 valence electrons. The van der Waals surface area contributed by atoms with Gasteiger partial charge in [-0.15, -0.1) is 11.3 Å². The van der Waals surface area contributed by atoms with E-state index >= 15 is 0 Å². The maximum Gasteiger partial charge on any atom is 0.101 e. The van der Waals surface area contributed by atoms with Crippen LogP contribution in [0, 0.1) is 11.3 Å². The van der Waals surface area contributed by atoms with Gasteiger partial charge in [0.15, 0.2) is 0 Å². The summed E-state index contributed by atoms with van der Waals surface area (Å²) < 4.78 is 1.74. The van der Waals surface area contributed by atoms with Crippen LogP contribution in [0.1, 0.15) is 11.1 Å². The first-order valence-electron chi connectivity index (χ1n) is 3.97. The van der Waals surface area contributed by atoms with E-state index in [0.717, 1.165) is 15.6 Å². The van der Waals surface area contributed by atoms with E-state index in [1.165, 1.54) is 0 Å². The van der Waals surface area contributed by atoms with Gasteiger partial charge in [0.1, 0.15) is 6.07 Å². The Balaban J connectivity index is 2.89. The lowest BCUT2D eigenvalue weighted by molar-refractivity contribution is 0.281. The van der Waals surface area contributed by atoms with Crippen LogP contribution in [-0.4, -0.2) is 5.11 Å². The molecule has 0 atom stereocenters. The first-order chi connectivity index (χ1) is 6.77. The van der Waals surface area contributed by atoms with E-state index in [1.54, 1.807) is 11.3 Å². The molecule has 1 aromatic heterocycles. The van der Waals surface area contributed by atoms with E-state index in [9.17, 15) is 0 Å². The van der Waals surface area contributed by atoms with Crippen LogP contribution in [-0.2, 0) is 6.61 Å². The third kappa shape index (κ3) is 1.34. The van der Waals surface area contributed by atoms with Crippen molar-refractivity contribution in [3.8, 4) is 6.07 Å². The first kappa shape index (κ1) is 9.66. The molecule has 1 heterocycles. The van der Waals surface area contributed by atoms with Gasteiger partial charge in [0.25, 0.3) is 0 Å². The van der Waals surface area contributed by atoms with Crippen LogP contribution in [0.4, 0.5) is 0 Å². The fourth-order valence-electron chi connectivity index (χ4n) is 1.36. The minimum atomic E-state index is -0.0525. The van der Waals surface area contributed by atoms with Crippen LogP contribution in [0.2, 0.25) is 0 Å². The molecule has 0 aliphatic carbocycles. The molecule has 1 N–H and O–H groups in total. The molecule has 0 aliphatic heterocycles. The number of halogens is 1. The summed E-state index contributed by atoms with van der Waals surface area (Å²) in [6, 6.07) is 5.98. The van der Waals surface area contributed by atoms with Gasteiger partial charge in [-0.25, -0.2) is 0 Å². The van der Waals surface area contributed by atoms with E-state index in [1.807, 2.05) is 17.5 Å². The van der Waals surface area contributed by atoms with Gasteiger partial charge < -0.3 is 5.11 Å². The normalized spacial score (nSPS) is 10.4. The van der Waals surface area contributed by atoms with Crippen LogP contribution in [0.25, 0.3) is 10.1 Å². The van der Waals surface area contributed by atoms with Gasteiger partial charge in [0.05, 0.1) is 12.2 Å². The molecule has 2 aromatic rings. The molecular weight excluding hydrogens is 262 g/mol. The Kier molecular flexibility index (Phi) is 2.55. The van der Waals surface area contributed by atoms with Crippen molar-refractivity contribution in [3.05, 3.63) is 33.1 Å².